The molecule has 9 heteroatoms. The van der Waals surface area contributed by atoms with Crippen molar-refractivity contribution in [3.8, 4) is 0 Å². The van der Waals surface area contributed by atoms with Gasteiger partial charge in [-0.2, -0.15) is 0 Å². The van der Waals surface area contributed by atoms with Crippen molar-refractivity contribution in [3.05, 3.63) is 12.8 Å². The van der Waals surface area contributed by atoms with Crippen LogP contribution >= 0.6 is 0 Å². The van der Waals surface area contributed by atoms with Crippen LogP contribution in [0.5, 0.6) is 0 Å². The molecular formula is C23H49BN3O5+. The van der Waals surface area contributed by atoms with Crippen molar-refractivity contribution >= 4 is 26.1 Å². The SMILES string of the molecule is C=C[N+](=CC)CC(=O)NCCOCCOCC(=O)NCCCCC.CC.CCCC.[B]O. The molecule has 2 amide bonds. The van der Waals surface area contributed by atoms with Crippen LogP contribution in [0.4, 0.5) is 0 Å². The van der Waals surface area contributed by atoms with Crippen molar-refractivity contribution in [1.82, 2.24) is 10.6 Å². The maximum atomic E-state index is 11.6. The quantitative estimate of drug-likeness (QED) is 0.143. The minimum Gasteiger partial charge on any atom is -0.461 e. The van der Waals surface area contributed by atoms with E-state index < -0.39 is 0 Å². The molecule has 0 heterocycles. The maximum absolute atomic E-state index is 11.6. The highest BCUT2D eigenvalue weighted by Crippen LogP contribution is 1.91. The van der Waals surface area contributed by atoms with E-state index in [4.69, 9.17) is 14.5 Å². The van der Waals surface area contributed by atoms with Crippen LogP contribution in [0.25, 0.3) is 0 Å². The van der Waals surface area contributed by atoms with E-state index >= 15 is 0 Å². The van der Waals surface area contributed by atoms with Crippen LogP contribution in [0.1, 0.15) is 73.6 Å². The molecule has 0 aliphatic carbocycles. The molecule has 0 aromatic rings. The van der Waals surface area contributed by atoms with E-state index in [9.17, 15) is 9.59 Å². The fraction of sp³-hybridized carbons (Fsp3) is 0.783. The third-order valence-electron chi connectivity index (χ3n) is 3.67. The summed E-state index contributed by atoms with van der Waals surface area (Å²) in [6, 6.07) is 0. The van der Waals surface area contributed by atoms with Crippen molar-refractivity contribution in [1.29, 1.82) is 0 Å². The van der Waals surface area contributed by atoms with E-state index in [1.54, 1.807) is 17.0 Å². The molecule has 32 heavy (non-hydrogen) atoms. The largest absolute Gasteiger partial charge is 0.461 e. The van der Waals surface area contributed by atoms with Crippen LogP contribution in [0.2, 0.25) is 0 Å². The average Bonchev–Trinajstić information content (AvgIpc) is 2.84. The molecule has 188 valence electrons. The Morgan fingerprint density at radius 3 is 1.97 bits per heavy atom. The van der Waals surface area contributed by atoms with Crippen molar-refractivity contribution in [2.45, 2.75) is 73.6 Å². The molecule has 0 atom stereocenters. The van der Waals surface area contributed by atoms with Gasteiger partial charge in [0.1, 0.15) is 12.8 Å². The fourth-order valence-corrected chi connectivity index (χ4v) is 1.78. The highest BCUT2D eigenvalue weighted by molar-refractivity contribution is 5.95. The lowest BCUT2D eigenvalue weighted by Crippen LogP contribution is -2.33. The van der Waals surface area contributed by atoms with Gasteiger partial charge in [0.25, 0.3) is 14.0 Å². The lowest BCUT2D eigenvalue weighted by molar-refractivity contribution is -0.439. The number of carbonyl (C=O) groups is 2. The molecule has 3 N–H and O–H groups in total. The Kier molecular flexibility index (Phi) is 43.1. The third kappa shape index (κ3) is 35.7. The van der Waals surface area contributed by atoms with E-state index in [-0.39, 0.29) is 25.0 Å². The molecule has 0 aromatic carbocycles. The maximum Gasteiger partial charge on any atom is 0.286 e. The zero-order chi connectivity index (χ0) is 25.5. The standard InChI is InChI=1S/C17H31N3O4.C4H10.C2H6.BHO/c1-4-7-8-9-18-17(22)15-24-13-12-23-11-10-19-16(21)14-20(5-2)6-3;1-3-4-2;2*1-2/h5-6H,2,4,7-15H2,1,3H3,(H-,18,19,21,22);3-4H2,1-2H3;1-2H3;2H/p+1. The average molecular weight is 458 g/mol. The van der Waals surface area contributed by atoms with Gasteiger partial charge in [-0.25, -0.2) is 4.58 Å². The third-order valence-corrected chi connectivity index (χ3v) is 3.67. The molecule has 2 radical (unpaired) electrons. The summed E-state index contributed by atoms with van der Waals surface area (Å²) in [7, 11) is 3.50. The molecule has 0 spiro atoms. The van der Waals surface area contributed by atoms with Gasteiger partial charge in [0.05, 0.1) is 19.8 Å². The zero-order valence-corrected chi connectivity index (χ0v) is 21.5. The molecule has 8 nitrogen and oxygen atoms in total. The van der Waals surface area contributed by atoms with E-state index in [1.165, 1.54) is 12.8 Å². The first-order chi connectivity index (χ1) is 15.5. The highest BCUT2D eigenvalue weighted by Gasteiger charge is 2.07. The van der Waals surface area contributed by atoms with E-state index in [0.717, 1.165) is 19.3 Å². The summed E-state index contributed by atoms with van der Waals surface area (Å²) in [5.74, 6) is -0.189. The second-order valence-corrected chi connectivity index (χ2v) is 6.19. The number of rotatable bonds is 16. The lowest BCUT2D eigenvalue weighted by atomic mass is 10.2. The van der Waals surface area contributed by atoms with Crippen LogP contribution < -0.4 is 10.6 Å². The van der Waals surface area contributed by atoms with Crippen molar-refractivity contribution in [2.24, 2.45) is 0 Å². The normalized spacial score (nSPS) is 9.66. The number of nitrogens with one attached hydrogen (secondary N) is 2. The predicted octanol–water partition coefficient (Wildman–Crippen LogP) is 2.58. The lowest BCUT2D eigenvalue weighted by Gasteiger charge is -2.07. The first kappa shape index (κ1) is 37.6. The molecule has 0 saturated heterocycles. The van der Waals surface area contributed by atoms with Crippen LogP contribution in [-0.4, -0.2) is 81.7 Å². The Hall–Kier alpha value is -1.71. The number of nitrogens with zero attached hydrogens (tertiary/aromatic N) is 1. The smallest absolute Gasteiger partial charge is 0.286 e. The Balaban J connectivity index is -0.000000427. The Morgan fingerprint density at radius 1 is 0.906 bits per heavy atom. The molecule has 0 bridgehead atoms. The summed E-state index contributed by atoms with van der Waals surface area (Å²) >= 11 is 0. The molecule has 0 fully saturated rings. The van der Waals surface area contributed by atoms with Gasteiger partial charge in [0.2, 0.25) is 12.5 Å². The fourth-order valence-electron chi connectivity index (χ4n) is 1.78. The Bertz CT molecular complexity index is 434. The summed E-state index contributed by atoms with van der Waals surface area (Å²) in [5, 5.41) is 12.0. The Morgan fingerprint density at radius 2 is 1.47 bits per heavy atom. The van der Waals surface area contributed by atoms with Crippen LogP contribution in [0, 0.1) is 0 Å². The topological polar surface area (TPSA) is 99.9 Å². The van der Waals surface area contributed by atoms with E-state index in [0.29, 0.717) is 32.9 Å². The highest BCUT2D eigenvalue weighted by atomic mass is 16.5. The second-order valence-electron chi connectivity index (χ2n) is 6.19. The molecule has 0 aliphatic heterocycles. The number of ether oxygens (including phenoxy) is 2. The van der Waals surface area contributed by atoms with E-state index in [1.807, 2.05) is 20.8 Å². The van der Waals surface area contributed by atoms with Crippen LogP contribution in [-0.2, 0) is 19.1 Å². The number of amides is 2. The van der Waals surface area contributed by atoms with E-state index in [2.05, 4.69) is 46.0 Å². The molecule has 0 rings (SSSR count). The first-order valence-electron chi connectivity index (χ1n) is 11.7. The monoisotopic (exact) mass is 458 g/mol. The minimum atomic E-state index is -0.0992. The molecular weight excluding hydrogens is 409 g/mol. The predicted molar refractivity (Wildman–Crippen MR) is 134 cm³/mol. The molecule has 0 aliphatic rings. The van der Waals surface area contributed by atoms with Gasteiger partial charge in [0.15, 0.2) is 6.20 Å². The van der Waals surface area contributed by atoms with Crippen molar-refractivity contribution < 1.29 is 28.7 Å². The van der Waals surface area contributed by atoms with Crippen molar-refractivity contribution in [3.63, 3.8) is 0 Å². The number of hydrogen-bond donors (Lipinski definition) is 3. The van der Waals surface area contributed by atoms with Crippen LogP contribution in [0.3, 0.4) is 0 Å². The summed E-state index contributed by atoms with van der Waals surface area (Å²) in [4.78, 5) is 23.0. The van der Waals surface area contributed by atoms with Gasteiger partial charge in [0, 0.05) is 20.0 Å². The summed E-state index contributed by atoms with van der Waals surface area (Å²) in [5.41, 5.74) is 0. The van der Waals surface area contributed by atoms with Gasteiger partial charge < -0.3 is 25.1 Å². The number of unbranched alkanes of at least 4 members (excludes halogenated alkanes) is 3. The molecule has 0 saturated carbocycles. The van der Waals surface area contributed by atoms with Gasteiger partial charge in [-0.05, 0) is 13.0 Å². The van der Waals surface area contributed by atoms with Gasteiger partial charge in [-0.15, -0.1) is 0 Å². The Labute approximate surface area is 198 Å². The number of carbonyl (C=O) groups excluding carboxylic acids is 2. The summed E-state index contributed by atoms with van der Waals surface area (Å²) in [6.45, 7) is 18.5. The second kappa shape index (κ2) is 36.7. The van der Waals surface area contributed by atoms with Gasteiger partial charge in [-0.3, -0.25) is 9.59 Å². The van der Waals surface area contributed by atoms with Gasteiger partial charge >= 0.3 is 0 Å². The van der Waals surface area contributed by atoms with Crippen LogP contribution in [0.15, 0.2) is 12.8 Å². The minimum absolute atomic E-state index is 0.0527. The van der Waals surface area contributed by atoms with Gasteiger partial charge in [-0.1, -0.05) is 60.3 Å². The summed E-state index contributed by atoms with van der Waals surface area (Å²) < 4.78 is 12.2. The summed E-state index contributed by atoms with van der Waals surface area (Å²) in [6.07, 6.45) is 9.26. The number of hydrogen-bond acceptors (Lipinski definition) is 5. The first-order valence-corrected chi connectivity index (χ1v) is 11.7. The van der Waals surface area contributed by atoms with Crippen molar-refractivity contribution in [2.75, 3.05) is 46.1 Å². The zero-order valence-electron chi connectivity index (χ0n) is 21.5. The molecule has 0 unspecified atom stereocenters. The molecule has 0 aromatic heterocycles.